The van der Waals surface area contributed by atoms with Crippen LogP contribution in [0, 0.1) is 42.4 Å². The molecule has 2 aromatic heterocycles. The van der Waals surface area contributed by atoms with Crippen LogP contribution in [0.2, 0.25) is 0 Å². The van der Waals surface area contributed by atoms with Gasteiger partial charge in [0.05, 0.1) is 11.4 Å². The molecule has 8 aliphatic carbocycles. The van der Waals surface area contributed by atoms with Crippen LogP contribution >= 0.6 is 11.3 Å². The highest BCUT2D eigenvalue weighted by atomic mass is 32.1. The Labute approximate surface area is 446 Å². The molecule has 10 aromatic rings. The first-order valence-electron chi connectivity index (χ1n) is 29.2. The second-order valence-electron chi connectivity index (χ2n) is 27.4. The molecule has 75 heavy (non-hydrogen) atoms. The normalized spacial score (nSPS) is 27.7. The minimum absolute atomic E-state index is 0.000946. The van der Waals surface area contributed by atoms with E-state index in [1.54, 1.807) is 11.1 Å². The number of fused-ring (bicyclic) bond motifs is 12. The van der Waals surface area contributed by atoms with E-state index >= 15 is 0 Å². The van der Waals surface area contributed by atoms with Gasteiger partial charge >= 0.3 is 6.85 Å². The molecule has 0 spiro atoms. The van der Waals surface area contributed by atoms with E-state index in [4.69, 9.17) is 0 Å². The fourth-order valence-electron chi connectivity index (χ4n) is 19.5. The van der Waals surface area contributed by atoms with E-state index in [1.165, 1.54) is 191 Å². The fourth-order valence-corrected chi connectivity index (χ4v) is 20.7. The molecule has 0 N–H and O–H groups in total. The number of hydrogen-bond donors (Lipinski definition) is 0. The van der Waals surface area contributed by atoms with Crippen molar-refractivity contribution in [2.24, 2.45) is 35.5 Å². The Kier molecular flexibility index (Phi) is 8.43. The molecule has 0 radical (unpaired) electrons. The standard InChI is InChI=1S/C71H65BN2S/c1-40-20-55-57-33-52(71-37-44-25-45(38-71)27-46(26-44)39-71)32-56-54-31-51(70-34-41-22-42(35-70)24-43(23-41)36-70)15-18-61(54)74(67(56)57)72-59-16-19-63-65(58-28-48-12-8-9-13-49(48)29-64(58)75-63)68(59)73(62(21-40)66(55)72)60-17-14-50(69(2,3)4)30-53(60)47-10-6-5-7-11-47/h5-21,28-33,41-46H,22-27,34-39H2,1-4H3. The van der Waals surface area contributed by atoms with Crippen LogP contribution < -0.4 is 15.8 Å². The molecule has 2 aliphatic heterocycles. The number of nitrogens with zero attached hydrogens (tertiary/aromatic N) is 2. The monoisotopic (exact) mass is 988 g/mol. The van der Waals surface area contributed by atoms with Gasteiger partial charge in [0.1, 0.15) is 0 Å². The minimum Gasteiger partial charge on any atom is -0.375 e. The molecule has 0 saturated heterocycles. The van der Waals surface area contributed by atoms with Gasteiger partial charge < -0.3 is 9.38 Å². The van der Waals surface area contributed by atoms with Gasteiger partial charge in [-0.2, -0.15) is 0 Å². The summed E-state index contributed by atoms with van der Waals surface area (Å²) in [5, 5.41) is 8.39. The predicted octanol–water partition coefficient (Wildman–Crippen LogP) is 17.9. The molecular formula is C71H65BN2S. The SMILES string of the molecule is Cc1cc2c3c(c1)N(c1ccc(C(C)(C)C)cc1-c1ccccc1)c1c(ccc4sc5cc6ccccc6cc5c14)B3n1c3ccc(C45CC6CC(CC(C6)C4)C5)cc3c3cc(C45CC6CC(CC(C6)C4)C5)cc-2c31. The van der Waals surface area contributed by atoms with Crippen molar-refractivity contribution in [3.8, 4) is 22.3 Å². The Balaban J connectivity index is 0.969. The fraction of sp³-hybridized carbons (Fsp3) is 0.352. The number of aryl methyl sites for hydroxylation is 1. The molecule has 20 rings (SSSR count). The molecule has 8 aromatic carbocycles. The van der Waals surface area contributed by atoms with Crippen molar-refractivity contribution in [3.05, 3.63) is 162 Å². The third-order valence-corrected chi connectivity index (χ3v) is 22.9. The molecule has 8 saturated carbocycles. The maximum atomic E-state index is 2.90. The van der Waals surface area contributed by atoms with Crippen LogP contribution in [0.4, 0.5) is 17.1 Å². The Morgan fingerprint density at radius 1 is 0.520 bits per heavy atom. The van der Waals surface area contributed by atoms with Gasteiger partial charge in [-0.25, -0.2) is 0 Å². The number of anilines is 3. The van der Waals surface area contributed by atoms with Crippen molar-refractivity contribution in [1.82, 2.24) is 4.48 Å². The smallest absolute Gasteiger partial charge is 0.333 e. The van der Waals surface area contributed by atoms with Gasteiger partial charge in [-0.1, -0.05) is 99.6 Å². The summed E-state index contributed by atoms with van der Waals surface area (Å²) < 4.78 is 5.62. The van der Waals surface area contributed by atoms with E-state index in [0.717, 1.165) is 35.5 Å². The van der Waals surface area contributed by atoms with E-state index in [9.17, 15) is 0 Å². The first-order chi connectivity index (χ1) is 36.5. The number of benzene rings is 8. The largest absolute Gasteiger partial charge is 0.375 e. The lowest BCUT2D eigenvalue weighted by Gasteiger charge is -2.57. The van der Waals surface area contributed by atoms with Gasteiger partial charge in [0.15, 0.2) is 0 Å². The van der Waals surface area contributed by atoms with Crippen molar-refractivity contribution >= 4 is 98.9 Å². The number of aromatic nitrogens is 1. The van der Waals surface area contributed by atoms with Crippen LogP contribution in [0.3, 0.4) is 0 Å². The highest BCUT2D eigenvalue weighted by Gasteiger charge is 2.54. The Hall–Kier alpha value is -6.10. The molecule has 4 heteroatoms. The molecule has 0 atom stereocenters. The van der Waals surface area contributed by atoms with Crippen LogP contribution in [-0.4, -0.2) is 11.3 Å². The predicted molar refractivity (Wildman–Crippen MR) is 319 cm³/mol. The first kappa shape index (κ1) is 43.1. The van der Waals surface area contributed by atoms with Crippen LogP contribution in [0.15, 0.2) is 140 Å². The highest BCUT2D eigenvalue weighted by molar-refractivity contribution is 7.26. The van der Waals surface area contributed by atoms with Crippen LogP contribution in [0.5, 0.6) is 0 Å². The zero-order chi connectivity index (χ0) is 49.4. The minimum atomic E-state index is -0.0120. The van der Waals surface area contributed by atoms with Crippen molar-refractivity contribution < 1.29 is 0 Å². The van der Waals surface area contributed by atoms with Gasteiger partial charge in [0.2, 0.25) is 0 Å². The lowest BCUT2D eigenvalue weighted by molar-refractivity contribution is -0.00527. The van der Waals surface area contributed by atoms with Gasteiger partial charge in [0.25, 0.3) is 0 Å². The van der Waals surface area contributed by atoms with Crippen molar-refractivity contribution in [2.75, 3.05) is 4.90 Å². The third-order valence-electron chi connectivity index (χ3n) is 21.8. The van der Waals surface area contributed by atoms with Gasteiger partial charge in [-0.05, 0) is 251 Å². The van der Waals surface area contributed by atoms with E-state index < -0.39 is 0 Å². The van der Waals surface area contributed by atoms with E-state index in [-0.39, 0.29) is 17.7 Å². The molecule has 368 valence electrons. The molecule has 2 nitrogen and oxygen atoms in total. The Morgan fingerprint density at radius 3 is 1.84 bits per heavy atom. The van der Waals surface area contributed by atoms with Crippen molar-refractivity contribution in [2.45, 2.75) is 121 Å². The topological polar surface area (TPSA) is 8.17 Å². The summed E-state index contributed by atoms with van der Waals surface area (Å²) in [6.45, 7) is 9.48. The van der Waals surface area contributed by atoms with Crippen LogP contribution in [0.25, 0.3) is 75.0 Å². The third kappa shape index (κ3) is 5.88. The molecular weight excluding hydrogens is 924 g/mol. The lowest BCUT2D eigenvalue weighted by Crippen LogP contribution is -2.56. The van der Waals surface area contributed by atoms with Gasteiger partial charge in [-0.3, -0.25) is 0 Å². The van der Waals surface area contributed by atoms with E-state index in [0.29, 0.717) is 5.41 Å². The summed E-state index contributed by atoms with van der Waals surface area (Å²) in [4.78, 5) is 2.78. The number of thiophene rings is 1. The van der Waals surface area contributed by atoms with Crippen molar-refractivity contribution in [1.29, 1.82) is 0 Å². The van der Waals surface area contributed by atoms with Crippen molar-refractivity contribution in [3.63, 3.8) is 0 Å². The molecule has 0 unspecified atom stereocenters. The zero-order valence-corrected chi connectivity index (χ0v) is 44.9. The first-order valence-corrected chi connectivity index (χ1v) is 30.0. The second kappa shape index (κ2) is 14.7. The summed E-state index contributed by atoms with van der Waals surface area (Å²) in [7, 11) is 0. The van der Waals surface area contributed by atoms with Crippen LogP contribution in [0.1, 0.15) is 120 Å². The second-order valence-corrected chi connectivity index (χ2v) is 28.5. The van der Waals surface area contributed by atoms with E-state index in [1.807, 2.05) is 11.3 Å². The Morgan fingerprint density at radius 2 is 1.16 bits per heavy atom. The molecule has 8 fully saturated rings. The number of rotatable bonds is 4. The highest BCUT2D eigenvalue weighted by Crippen LogP contribution is 2.64. The lowest BCUT2D eigenvalue weighted by atomic mass is 9.44. The molecule has 0 amide bonds. The summed E-state index contributed by atoms with van der Waals surface area (Å²) in [5.41, 5.74) is 21.8. The molecule has 4 heterocycles. The summed E-state index contributed by atoms with van der Waals surface area (Å²) in [6, 6.07) is 56.7. The average Bonchev–Trinajstić information content (AvgIpc) is 4.11. The van der Waals surface area contributed by atoms with Crippen LogP contribution in [-0.2, 0) is 16.2 Å². The van der Waals surface area contributed by atoms with E-state index in [2.05, 4.69) is 177 Å². The zero-order valence-electron chi connectivity index (χ0n) is 44.1. The Bertz CT molecular complexity index is 4090. The summed E-state index contributed by atoms with van der Waals surface area (Å²) in [6.07, 6.45) is 17.2. The summed E-state index contributed by atoms with van der Waals surface area (Å²) >= 11 is 1.97. The quantitative estimate of drug-likeness (QED) is 0.160. The molecule has 10 aliphatic rings. The molecule has 8 bridgehead atoms. The summed E-state index contributed by atoms with van der Waals surface area (Å²) in [5.74, 6) is 5.41. The maximum absolute atomic E-state index is 2.90. The van der Waals surface area contributed by atoms with Gasteiger partial charge in [0, 0.05) is 58.8 Å². The average molecular weight is 989 g/mol. The van der Waals surface area contributed by atoms with Gasteiger partial charge in [-0.15, -0.1) is 11.3 Å². The number of hydrogen-bond acceptors (Lipinski definition) is 2. The maximum Gasteiger partial charge on any atom is 0.333 e.